The maximum absolute atomic E-state index is 3.97. The number of nitrogens with zero attached hydrogens (tertiary/aromatic N) is 2. The van der Waals surface area contributed by atoms with Crippen LogP contribution in [-0.4, -0.2) is 9.97 Å². The number of hydrogen-bond donors (Lipinski definition) is 0. The molecule has 1 aromatic carbocycles. The third-order valence-corrected chi connectivity index (χ3v) is 2.81. The van der Waals surface area contributed by atoms with Gasteiger partial charge in [0.2, 0.25) is 0 Å². The highest BCUT2D eigenvalue weighted by Gasteiger charge is 1.94. The van der Waals surface area contributed by atoms with E-state index < -0.39 is 0 Å². The van der Waals surface area contributed by atoms with Gasteiger partial charge in [-0.05, 0) is 5.56 Å². The minimum absolute atomic E-state index is 0.966. The molecule has 70 valence electrons. The molecule has 14 heavy (non-hydrogen) atoms. The lowest BCUT2D eigenvalue weighted by Gasteiger charge is -1.99. The summed E-state index contributed by atoms with van der Waals surface area (Å²) in [6, 6.07) is 10.4. The van der Waals surface area contributed by atoms with Gasteiger partial charge in [0.25, 0.3) is 0 Å². The van der Waals surface area contributed by atoms with Gasteiger partial charge >= 0.3 is 0 Å². The molecular weight excluding hydrogens is 192 g/mol. The number of aromatic nitrogens is 2. The Morgan fingerprint density at radius 1 is 1.00 bits per heavy atom. The molecule has 2 aromatic rings. The number of hydrogen-bond acceptors (Lipinski definition) is 3. The van der Waals surface area contributed by atoms with Crippen molar-refractivity contribution >= 4 is 11.8 Å². The van der Waals surface area contributed by atoms with E-state index in [1.54, 1.807) is 18.1 Å². The average Bonchev–Trinajstić information content (AvgIpc) is 2.29. The van der Waals surface area contributed by atoms with Crippen LogP contribution in [-0.2, 0) is 5.75 Å². The second-order valence-electron chi connectivity index (χ2n) is 2.85. The average molecular weight is 202 g/mol. The van der Waals surface area contributed by atoms with Gasteiger partial charge in [-0.1, -0.05) is 30.3 Å². The van der Waals surface area contributed by atoms with Crippen molar-refractivity contribution in [3.63, 3.8) is 0 Å². The fourth-order valence-corrected chi connectivity index (χ4v) is 1.90. The highest BCUT2D eigenvalue weighted by atomic mass is 32.2. The Labute approximate surface area is 87.4 Å². The van der Waals surface area contributed by atoms with Crippen molar-refractivity contribution in [2.24, 2.45) is 0 Å². The molecule has 2 rings (SSSR count). The molecule has 0 saturated carbocycles. The van der Waals surface area contributed by atoms with Crippen LogP contribution < -0.4 is 0 Å². The molecule has 0 spiro atoms. The van der Waals surface area contributed by atoms with Crippen LogP contribution in [0.15, 0.2) is 53.9 Å². The molecule has 0 aliphatic carbocycles. The molecule has 1 aromatic heterocycles. The van der Waals surface area contributed by atoms with Gasteiger partial charge in [0.15, 0.2) is 0 Å². The Bertz CT molecular complexity index is 336. The summed E-state index contributed by atoms with van der Waals surface area (Å²) in [5.74, 6) is 0.966. The summed E-state index contributed by atoms with van der Waals surface area (Å²) >= 11 is 1.75. The van der Waals surface area contributed by atoms with Crippen molar-refractivity contribution < 1.29 is 0 Å². The largest absolute Gasteiger partial charge is 0.244 e. The Kier molecular flexibility index (Phi) is 3.14. The Morgan fingerprint density at radius 3 is 2.43 bits per heavy atom. The van der Waals surface area contributed by atoms with Gasteiger partial charge in [0.05, 0.1) is 0 Å². The van der Waals surface area contributed by atoms with E-state index >= 15 is 0 Å². The van der Waals surface area contributed by atoms with E-state index in [9.17, 15) is 0 Å². The van der Waals surface area contributed by atoms with Gasteiger partial charge < -0.3 is 0 Å². The van der Waals surface area contributed by atoms with E-state index in [1.165, 1.54) is 5.56 Å². The maximum Gasteiger partial charge on any atom is 0.115 e. The van der Waals surface area contributed by atoms with Gasteiger partial charge in [-0.15, -0.1) is 11.8 Å². The first kappa shape index (κ1) is 9.21. The molecule has 0 aliphatic rings. The fraction of sp³-hybridized carbons (Fsp3) is 0.0909. The minimum Gasteiger partial charge on any atom is -0.244 e. The van der Waals surface area contributed by atoms with Gasteiger partial charge in [0, 0.05) is 23.0 Å². The minimum atomic E-state index is 0.966. The molecule has 0 aliphatic heterocycles. The molecule has 0 unspecified atom stereocenters. The van der Waals surface area contributed by atoms with Crippen LogP contribution in [0.5, 0.6) is 0 Å². The molecule has 0 fully saturated rings. The first-order valence-electron chi connectivity index (χ1n) is 4.37. The van der Waals surface area contributed by atoms with Crippen LogP contribution in [0, 0.1) is 0 Å². The summed E-state index contributed by atoms with van der Waals surface area (Å²) in [4.78, 5) is 9.04. The van der Waals surface area contributed by atoms with Crippen molar-refractivity contribution in [2.75, 3.05) is 0 Å². The van der Waals surface area contributed by atoms with Crippen molar-refractivity contribution in [1.29, 1.82) is 0 Å². The summed E-state index contributed by atoms with van der Waals surface area (Å²) < 4.78 is 0. The highest BCUT2D eigenvalue weighted by molar-refractivity contribution is 7.98. The van der Waals surface area contributed by atoms with Crippen LogP contribution in [0.2, 0.25) is 0 Å². The summed E-state index contributed by atoms with van der Waals surface area (Å²) in [6.45, 7) is 0. The first-order chi connectivity index (χ1) is 6.95. The summed E-state index contributed by atoms with van der Waals surface area (Å²) in [5, 5.41) is 0. The number of thioether (sulfide) groups is 1. The van der Waals surface area contributed by atoms with Crippen LogP contribution in [0.3, 0.4) is 0 Å². The zero-order chi connectivity index (χ0) is 9.64. The molecule has 0 saturated heterocycles. The van der Waals surface area contributed by atoms with E-state index in [2.05, 4.69) is 34.2 Å². The van der Waals surface area contributed by atoms with E-state index in [1.807, 2.05) is 18.5 Å². The van der Waals surface area contributed by atoms with Crippen LogP contribution in [0.25, 0.3) is 0 Å². The smallest absolute Gasteiger partial charge is 0.115 e. The first-order valence-corrected chi connectivity index (χ1v) is 5.35. The van der Waals surface area contributed by atoms with Crippen LogP contribution in [0.1, 0.15) is 5.56 Å². The van der Waals surface area contributed by atoms with Crippen LogP contribution >= 0.6 is 11.8 Å². The molecule has 0 radical (unpaired) electrons. The second kappa shape index (κ2) is 4.77. The molecule has 0 N–H and O–H groups in total. The lowest BCUT2D eigenvalue weighted by Crippen LogP contribution is -1.81. The number of benzene rings is 1. The monoisotopic (exact) mass is 202 g/mol. The van der Waals surface area contributed by atoms with Gasteiger partial charge in [-0.25, -0.2) is 9.97 Å². The van der Waals surface area contributed by atoms with Gasteiger partial charge in [-0.2, -0.15) is 0 Å². The summed E-state index contributed by atoms with van der Waals surface area (Å²) in [7, 11) is 0. The standard InChI is InChI=1S/C11H10N2S/c1-2-4-10(5-3-1)8-14-11-6-12-9-13-7-11/h1-7,9H,8H2. The predicted octanol–water partition coefficient (Wildman–Crippen LogP) is 2.77. The molecule has 3 heteroatoms. The molecular formula is C11H10N2S. The predicted molar refractivity (Wildman–Crippen MR) is 58.0 cm³/mol. The summed E-state index contributed by atoms with van der Waals surface area (Å²) in [5.41, 5.74) is 1.32. The van der Waals surface area contributed by atoms with Gasteiger partial charge in [-0.3, -0.25) is 0 Å². The molecule has 1 heterocycles. The van der Waals surface area contributed by atoms with E-state index in [-0.39, 0.29) is 0 Å². The maximum atomic E-state index is 3.97. The Hall–Kier alpha value is -1.35. The van der Waals surface area contributed by atoms with Crippen molar-refractivity contribution in [3.8, 4) is 0 Å². The fourth-order valence-electron chi connectivity index (χ4n) is 1.10. The molecule has 0 amide bonds. The van der Waals surface area contributed by atoms with E-state index in [0.29, 0.717) is 0 Å². The van der Waals surface area contributed by atoms with Gasteiger partial charge in [0.1, 0.15) is 6.33 Å². The third-order valence-electron chi connectivity index (χ3n) is 1.79. The lowest BCUT2D eigenvalue weighted by atomic mass is 10.2. The molecule has 0 bridgehead atoms. The van der Waals surface area contributed by atoms with Crippen molar-refractivity contribution in [3.05, 3.63) is 54.6 Å². The quantitative estimate of drug-likeness (QED) is 0.716. The molecule has 0 atom stereocenters. The Balaban J connectivity index is 1.96. The van der Waals surface area contributed by atoms with Crippen molar-refractivity contribution in [1.82, 2.24) is 9.97 Å². The van der Waals surface area contributed by atoms with Crippen molar-refractivity contribution in [2.45, 2.75) is 10.6 Å². The molecule has 2 nitrogen and oxygen atoms in total. The second-order valence-corrected chi connectivity index (χ2v) is 3.90. The Morgan fingerprint density at radius 2 is 1.71 bits per heavy atom. The topological polar surface area (TPSA) is 25.8 Å². The van der Waals surface area contributed by atoms with E-state index in [0.717, 1.165) is 10.6 Å². The normalized spacial score (nSPS) is 10.0. The highest BCUT2D eigenvalue weighted by Crippen LogP contribution is 2.20. The van der Waals surface area contributed by atoms with Crippen LogP contribution in [0.4, 0.5) is 0 Å². The zero-order valence-corrected chi connectivity index (χ0v) is 8.45. The third kappa shape index (κ3) is 2.57. The SMILES string of the molecule is c1ccc(CSc2cncnc2)cc1. The number of rotatable bonds is 3. The van der Waals surface area contributed by atoms with E-state index in [4.69, 9.17) is 0 Å². The lowest BCUT2D eigenvalue weighted by molar-refractivity contribution is 1.10. The zero-order valence-electron chi connectivity index (χ0n) is 7.63. The summed E-state index contributed by atoms with van der Waals surface area (Å²) in [6.07, 6.45) is 5.22.